The van der Waals surface area contributed by atoms with Crippen LogP contribution in [0.3, 0.4) is 0 Å². The summed E-state index contributed by atoms with van der Waals surface area (Å²) in [5, 5.41) is 10.4. The van der Waals surface area contributed by atoms with Crippen LogP contribution in [0.25, 0.3) is 0 Å². The molecule has 0 bridgehead atoms. The SMILES string of the molecule is O=C(Nc1ccc(Cl)cc1)Nc1cnn(CC2CCCCO2)c1. The van der Waals surface area contributed by atoms with Crippen LogP contribution in [0.1, 0.15) is 19.3 Å². The highest BCUT2D eigenvalue weighted by atomic mass is 35.5. The van der Waals surface area contributed by atoms with Gasteiger partial charge in [-0.25, -0.2) is 4.79 Å². The lowest BCUT2D eigenvalue weighted by Crippen LogP contribution is -2.24. The molecule has 7 heteroatoms. The number of nitrogens with zero attached hydrogens (tertiary/aromatic N) is 2. The Morgan fingerprint density at radius 3 is 2.78 bits per heavy atom. The number of halogens is 1. The molecule has 1 aliphatic heterocycles. The Bertz CT molecular complexity index is 650. The second-order valence-corrected chi connectivity index (χ2v) is 5.96. The van der Waals surface area contributed by atoms with Crippen LogP contribution in [0.15, 0.2) is 36.7 Å². The smallest absolute Gasteiger partial charge is 0.323 e. The zero-order chi connectivity index (χ0) is 16.1. The second-order valence-electron chi connectivity index (χ2n) is 5.53. The van der Waals surface area contributed by atoms with Crippen molar-refractivity contribution in [1.29, 1.82) is 0 Å². The largest absolute Gasteiger partial charge is 0.376 e. The molecule has 122 valence electrons. The molecule has 1 aromatic heterocycles. The molecule has 0 aliphatic carbocycles. The third-order valence-corrected chi connectivity index (χ3v) is 3.91. The van der Waals surface area contributed by atoms with E-state index in [0.29, 0.717) is 22.9 Å². The summed E-state index contributed by atoms with van der Waals surface area (Å²) in [7, 11) is 0. The fourth-order valence-corrected chi connectivity index (χ4v) is 2.64. The van der Waals surface area contributed by atoms with Crippen molar-refractivity contribution >= 4 is 29.0 Å². The van der Waals surface area contributed by atoms with E-state index < -0.39 is 0 Å². The fraction of sp³-hybridized carbons (Fsp3) is 0.375. The van der Waals surface area contributed by atoms with E-state index in [-0.39, 0.29) is 12.1 Å². The Morgan fingerprint density at radius 2 is 2.04 bits per heavy atom. The molecule has 0 saturated carbocycles. The van der Waals surface area contributed by atoms with E-state index in [0.717, 1.165) is 19.4 Å². The van der Waals surface area contributed by atoms with Crippen LogP contribution >= 0.6 is 11.6 Å². The van der Waals surface area contributed by atoms with E-state index in [1.165, 1.54) is 6.42 Å². The van der Waals surface area contributed by atoms with Crippen molar-refractivity contribution in [3.05, 3.63) is 41.7 Å². The number of carbonyl (C=O) groups excluding carboxylic acids is 1. The zero-order valence-corrected chi connectivity index (χ0v) is 13.4. The number of ether oxygens (including phenoxy) is 1. The molecule has 3 rings (SSSR count). The summed E-state index contributed by atoms with van der Waals surface area (Å²) in [6.45, 7) is 1.53. The molecule has 6 nitrogen and oxygen atoms in total. The molecule has 1 atom stereocenters. The van der Waals surface area contributed by atoms with Gasteiger partial charge in [-0.05, 0) is 43.5 Å². The van der Waals surface area contributed by atoms with Crippen LogP contribution in [-0.2, 0) is 11.3 Å². The lowest BCUT2D eigenvalue weighted by Gasteiger charge is -2.22. The predicted molar refractivity (Wildman–Crippen MR) is 89.9 cm³/mol. The Labute approximate surface area is 139 Å². The van der Waals surface area contributed by atoms with Gasteiger partial charge in [0.1, 0.15) is 0 Å². The summed E-state index contributed by atoms with van der Waals surface area (Å²) in [5.74, 6) is 0. The van der Waals surface area contributed by atoms with Gasteiger partial charge in [0, 0.05) is 23.5 Å². The number of amides is 2. The Kier molecular flexibility index (Phi) is 5.15. The van der Waals surface area contributed by atoms with Crippen molar-refractivity contribution in [2.75, 3.05) is 17.2 Å². The van der Waals surface area contributed by atoms with Gasteiger partial charge >= 0.3 is 6.03 Å². The topological polar surface area (TPSA) is 68.2 Å². The van der Waals surface area contributed by atoms with Crippen LogP contribution in [0.5, 0.6) is 0 Å². The quantitative estimate of drug-likeness (QED) is 0.894. The highest BCUT2D eigenvalue weighted by Crippen LogP contribution is 2.16. The summed E-state index contributed by atoms with van der Waals surface area (Å²) in [4.78, 5) is 11.9. The highest BCUT2D eigenvalue weighted by Gasteiger charge is 2.15. The number of benzene rings is 1. The molecule has 1 saturated heterocycles. The van der Waals surface area contributed by atoms with E-state index in [9.17, 15) is 4.79 Å². The number of carbonyl (C=O) groups is 1. The molecule has 2 aromatic rings. The number of rotatable bonds is 4. The van der Waals surface area contributed by atoms with Gasteiger partial charge in [-0.1, -0.05) is 11.6 Å². The van der Waals surface area contributed by atoms with Crippen molar-refractivity contribution in [1.82, 2.24) is 9.78 Å². The molecule has 0 radical (unpaired) electrons. The van der Waals surface area contributed by atoms with Gasteiger partial charge in [-0.15, -0.1) is 0 Å². The van der Waals surface area contributed by atoms with Crippen molar-refractivity contribution < 1.29 is 9.53 Å². The molecule has 1 aromatic carbocycles. The zero-order valence-electron chi connectivity index (χ0n) is 12.7. The van der Waals surface area contributed by atoms with Gasteiger partial charge in [-0.2, -0.15) is 5.10 Å². The van der Waals surface area contributed by atoms with E-state index in [4.69, 9.17) is 16.3 Å². The monoisotopic (exact) mass is 334 g/mol. The summed E-state index contributed by atoms with van der Waals surface area (Å²) >= 11 is 5.81. The molecule has 23 heavy (non-hydrogen) atoms. The van der Waals surface area contributed by atoms with Gasteiger partial charge in [0.15, 0.2) is 0 Å². The number of nitrogens with one attached hydrogen (secondary N) is 2. The standard InChI is InChI=1S/C16H19ClN4O2/c17-12-4-6-13(7-5-12)19-16(22)20-14-9-18-21(10-14)11-15-3-1-2-8-23-15/h4-7,9-10,15H,1-3,8,11H2,(H2,19,20,22). The minimum Gasteiger partial charge on any atom is -0.376 e. The number of anilines is 2. The van der Waals surface area contributed by atoms with Gasteiger partial charge in [-0.3, -0.25) is 4.68 Å². The second kappa shape index (κ2) is 7.48. The van der Waals surface area contributed by atoms with E-state index >= 15 is 0 Å². The molecule has 1 unspecified atom stereocenters. The lowest BCUT2D eigenvalue weighted by molar-refractivity contribution is 0.00401. The first-order valence-corrected chi connectivity index (χ1v) is 8.04. The van der Waals surface area contributed by atoms with Crippen molar-refractivity contribution in [2.24, 2.45) is 0 Å². The Morgan fingerprint density at radius 1 is 1.26 bits per heavy atom. The number of hydrogen-bond donors (Lipinski definition) is 2. The predicted octanol–water partition coefficient (Wildman–Crippen LogP) is 3.75. The Balaban J connectivity index is 1.51. The van der Waals surface area contributed by atoms with Crippen LogP contribution in [-0.4, -0.2) is 28.5 Å². The first-order valence-electron chi connectivity index (χ1n) is 7.67. The first kappa shape index (κ1) is 15.8. The third-order valence-electron chi connectivity index (χ3n) is 3.66. The first-order chi connectivity index (χ1) is 11.2. The molecule has 0 spiro atoms. The minimum absolute atomic E-state index is 0.208. The number of aromatic nitrogens is 2. The minimum atomic E-state index is -0.319. The summed E-state index contributed by atoms with van der Waals surface area (Å²) in [5.41, 5.74) is 1.32. The van der Waals surface area contributed by atoms with E-state index in [2.05, 4.69) is 15.7 Å². The van der Waals surface area contributed by atoms with Crippen LogP contribution in [0.2, 0.25) is 5.02 Å². The normalized spacial score (nSPS) is 17.7. The lowest BCUT2D eigenvalue weighted by atomic mass is 10.1. The molecule has 2 amide bonds. The summed E-state index contributed by atoms with van der Waals surface area (Å²) in [6, 6.07) is 6.61. The van der Waals surface area contributed by atoms with Crippen molar-refractivity contribution in [2.45, 2.75) is 31.9 Å². The highest BCUT2D eigenvalue weighted by molar-refractivity contribution is 6.30. The molecule has 1 aliphatic rings. The van der Waals surface area contributed by atoms with E-state index in [1.54, 1.807) is 41.3 Å². The maximum absolute atomic E-state index is 11.9. The summed E-state index contributed by atoms with van der Waals surface area (Å²) < 4.78 is 7.49. The fourth-order valence-electron chi connectivity index (χ4n) is 2.51. The summed E-state index contributed by atoms with van der Waals surface area (Å²) in [6.07, 6.45) is 7.02. The third kappa shape index (κ3) is 4.71. The maximum Gasteiger partial charge on any atom is 0.323 e. The number of hydrogen-bond acceptors (Lipinski definition) is 3. The van der Waals surface area contributed by atoms with Gasteiger partial charge < -0.3 is 15.4 Å². The molecule has 1 fully saturated rings. The molecule has 2 heterocycles. The van der Waals surface area contributed by atoms with Crippen LogP contribution in [0.4, 0.5) is 16.2 Å². The number of urea groups is 1. The average Bonchev–Trinajstić information content (AvgIpc) is 2.97. The average molecular weight is 335 g/mol. The van der Waals surface area contributed by atoms with E-state index in [1.807, 2.05) is 0 Å². The molecular formula is C16H19ClN4O2. The van der Waals surface area contributed by atoms with Gasteiger partial charge in [0.25, 0.3) is 0 Å². The Hall–Kier alpha value is -2.05. The maximum atomic E-state index is 11.9. The van der Waals surface area contributed by atoms with Crippen LogP contribution < -0.4 is 10.6 Å². The molecule has 2 N–H and O–H groups in total. The van der Waals surface area contributed by atoms with Gasteiger partial charge in [0.05, 0.1) is 24.5 Å². The van der Waals surface area contributed by atoms with Crippen molar-refractivity contribution in [3.8, 4) is 0 Å². The van der Waals surface area contributed by atoms with Crippen LogP contribution in [0, 0.1) is 0 Å². The van der Waals surface area contributed by atoms with Crippen molar-refractivity contribution in [3.63, 3.8) is 0 Å². The van der Waals surface area contributed by atoms with Gasteiger partial charge in [0.2, 0.25) is 0 Å². The molecular weight excluding hydrogens is 316 g/mol.